The van der Waals surface area contributed by atoms with E-state index in [9.17, 15) is 14.4 Å². The fourth-order valence-corrected chi connectivity index (χ4v) is 4.72. The van der Waals surface area contributed by atoms with E-state index in [-0.39, 0.29) is 23.9 Å². The number of anilines is 1. The Morgan fingerprint density at radius 2 is 1.88 bits per heavy atom. The molecule has 0 saturated heterocycles. The molecule has 0 radical (unpaired) electrons. The number of Topliss-reactive ketones (excluding diaryl/α,β-unsaturated/α-hetero) is 1. The number of allylic oxidation sites excluding steroid dienone is 2. The molecule has 4 aromatic rings. The topological polar surface area (TPSA) is 104 Å². The fraction of sp³-hybridized carbons (Fsp3) is 0.188. The molecule has 210 valence electrons. The predicted molar refractivity (Wildman–Crippen MR) is 162 cm³/mol. The number of carbonyl (C=O) groups excluding carboxylic acids is 3. The summed E-state index contributed by atoms with van der Waals surface area (Å²) in [7, 11) is 3.23. The number of H-pyrrole nitrogens is 1. The number of ether oxygens (including phenoxy) is 1. The van der Waals surface area contributed by atoms with Gasteiger partial charge in [-0.25, -0.2) is 4.98 Å². The molecule has 1 aromatic heterocycles. The lowest BCUT2D eigenvalue weighted by atomic mass is 9.94. The van der Waals surface area contributed by atoms with Crippen molar-refractivity contribution >= 4 is 51.9 Å². The summed E-state index contributed by atoms with van der Waals surface area (Å²) >= 11 is 6.29. The first kappa shape index (κ1) is 29.3. The summed E-state index contributed by atoms with van der Waals surface area (Å²) in [6.45, 7) is 1.77. The van der Waals surface area contributed by atoms with Gasteiger partial charge in [0.2, 0.25) is 5.91 Å². The van der Waals surface area contributed by atoms with Crippen LogP contribution >= 0.6 is 11.6 Å². The van der Waals surface area contributed by atoms with Crippen LogP contribution in [0.4, 0.5) is 5.69 Å². The smallest absolute Gasteiger partial charge is 0.247 e. The second kappa shape index (κ2) is 13.6. The number of rotatable bonds is 12. The quantitative estimate of drug-likeness (QED) is 0.0705. The molecule has 1 atom stereocenters. The van der Waals surface area contributed by atoms with Gasteiger partial charge in [-0.05, 0) is 53.6 Å². The van der Waals surface area contributed by atoms with Gasteiger partial charge in [0.05, 0.1) is 24.5 Å². The largest absolute Gasteiger partial charge is 0.495 e. The number of aldehydes is 1. The van der Waals surface area contributed by atoms with Crippen LogP contribution in [0.15, 0.2) is 91.1 Å². The first-order valence-corrected chi connectivity index (χ1v) is 13.5. The van der Waals surface area contributed by atoms with Gasteiger partial charge < -0.3 is 19.9 Å². The number of halogens is 1. The normalized spacial score (nSPS) is 12.6. The van der Waals surface area contributed by atoms with Crippen LogP contribution in [0.1, 0.15) is 34.8 Å². The van der Waals surface area contributed by atoms with Crippen molar-refractivity contribution in [1.82, 2.24) is 14.9 Å². The van der Waals surface area contributed by atoms with Crippen LogP contribution in [0, 0.1) is 0 Å². The number of amides is 1. The van der Waals surface area contributed by atoms with Crippen molar-refractivity contribution in [1.29, 1.82) is 0 Å². The standard InChI is InChI=1S/C32H31ClN4O4/c1-4-30(39)24-12-10-22(33)17-26(24)25(14-15-38)31(41-3)19-37(2)29(16-21-8-6-5-7-9-21)32(40)36-23-11-13-27-28(18-23)35-20-34-27/h5-15,17-20,29H,4,16H2,1-3H3,(H,34,35)(H,36,40)/b25-14-,31-19+. The van der Waals surface area contributed by atoms with Gasteiger partial charge in [-0.3, -0.25) is 14.4 Å². The highest BCUT2D eigenvalue weighted by Gasteiger charge is 2.25. The fourth-order valence-electron chi connectivity index (χ4n) is 4.55. The van der Waals surface area contributed by atoms with Gasteiger partial charge in [0, 0.05) is 47.9 Å². The van der Waals surface area contributed by atoms with E-state index >= 15 is 0 Å². The molecule has 0 saturated carbocycles. The Labute approximate surface area is 243 Å². The molecule has 1 unspecified atom stereocenters. The first-order valence-electron chi connectivity index (χ1n) is 13.1. The number of fused-ring (bicyclic) bond motifs is 1. The van der Waals surface area contributed by atoms with E-state index in [1.807, 2.05) is 42.5 Å². The van der Waals surface area contributed by atoms with Crippen molar-refractivity contribution < 1.29 is 19.1 Å². The van der Waals surface area contributed by atoms with Crippen molar-refractivity contribution in [2.75, 3.05) is 19.5 Å². The highest BCUT2D eigenvalue weighted by Crippen LogP contribution is 2.30. The van der Waals surface area contributed by atoms with Crippen LogP contribution in [0.5, 0.6) is 0 Å². The Hall–Kier alpha value is -4.69. The lowest BCUT2D eigenvalue weighted by molar-refractivity contribution is -0.120. The van der Waals surface area contributed by atoms with Crippen LogP contribution in [0.25, 0.3) is 16.6 Å². The maximum atomic E-state index is 13.7. The molecule has 0 spiro atoms. The minimum atomic E-state index is -0.661. The third-order valence-corrected chi connectivity index (χ3v) is 6.92. The summed E-state index contributed by atoms with van der Waals surface area (Å²) in [5.74, 6) is -0.0632. The monoisotopic (exact) mass is 570 g/mol. The Kier molecular flexibility index (Phi) is 9.71. The van der Waals surface area contributed by atoms with Gasteiger partial charge in [-0.1, -0.05) is 48.9 Å². The number of nitrogens with one attached hydrogen (secondary N) is 2. The predicted octanol–water partition coefficient (Wildman–Crippen LogP) is 6.06. The summed E-state index contributed by atoms with van der Waals surface area (Å²) in [5, 5.41) is 3.41. The SMILES string of the molecule is CCC(=O)c1ccc(Cl)cc1C(=C/C=O)/C(=C\N(C)C(Cc1ccccc1)C(=O)Nc1ccc2[nH]cnc2c1)OC. The third kappa shape index (κ3) is 7.10. The number of benzene rings is 3. The Bertz CT molecular complexity index is 1610. The molecular formula is C32H31ClN4O4. The number of aromatic nitrogens is 2. The zero-order chi connectivity index (χ0) is 29.4. The third-order valence-electron chi connectivity index (χ3n) is 6.69. The van der Waals surface area contributed by atoms with Gasteiger partial charge in [0.25, 0.3) is 0 Å². The molecule has 9 heteroatoms. The van der Waals surface area contributed by atoms with Gasteiger partial charge in [0.1, 0.15) is 18.1 Å². The van der Waals surface area contributed by atoms with Crippen LogP contribution in [-0.4, -0.2) is 53.0 Å². The zero-order valence-electron chi connectivity index (χ0n) is 23.1. The number of imidazole rings is 1. The van der Waals surface area contributed by atoms with Gasteiger partial charge in [-0.15, -0.1) is 0 Å². The number of hydrogen-bond donors (Lipinski definition) is 2. The lowest BCUT2D eigenvalue weighted by Crippen LogP contribution is -2.41. The number of hydrogen-bond acceptors (Lipinski definition) is 6. The maximum Gasteiger partial charge on any atom is 0.247 e. The van der Waals surface area contributed by atoms with Crippen LogP contribution in [0.3, 0.4) is 0 Å². The second-order valence-corrected chi connectivity index (χ2v) is 9.81. The second-order valence-electron chi connectivity index (χ2n) is 9.38. The van der Waals surface area contributed by atoms with Crippen LogP contribution < -0.4 is 5.32 Å². The van der Waals surface area contributed by atoms with Crippen molar-refractivity contribution in [3.8, 4) is 0 Å². The number of nitrogens with zero attached hydrogens (tertiary/aromatic N) is 2. The first-order chi connectivity index (χ1) is 19.8. The van der Waals surface area contributed by atoms with E-state index in [0.717, 1.165) is 16.6 Å². The Morgan fingerprint density at radius 1 is 1.10 bits per heavy atom. The average molecular weight is 571 g/mol. The molecule has 2 N–H and O–H groups in total. The maximum absolute atomic E-state index is 13.7. The summed E-state index contributed by atoms with van der Waals surface area (Å²) in [6, 6.07) is 19.4. The minimum absolute atomic E-state index is 0.104. The number of ketones is 1. The average Bonchev–Trinajstić information content (AvgIpc) is 3.45. The van der Waals surface area contributed by atoms with Crippen LogP contribution in [0.2, 0.25) is 5.02 Å². The molecule has 0 aliphatic rings. The summed E-state index contributed by atoms with van der Waals surface area (Å²) < 4.78 is 5.73. The number of aromatic amines is 1. The molecule has 4 rings (SSSR count). The van der Waals surface area contributed by atoms with Crippen molar-refractivity contribution in [3.05, 3.63) is 113 Å². The Morgan fingerprint density at radius 3 is 2.59 bits per heavy atom. The summed E-state index contributed by atoms with van der Waals surface area (Å²) in [6.07, 6.45) is 5.88. The molecule has 0 bridgehead atoms. The van der Waals surface area contributed by atoms with E-state index in [0.29, 0.717) is 40.1 Å². The molecule has 0 fully saturated rings. The van der Waals surface area contributed by atoms with Crippen molar-refractivity contribution in [2.24, 2.45) is 0 Å². The zero-order valence-corrected chi connectivity index (χ0v) is 23.8. The molecule has 8 nitrogen and oxygen atoms in total. The number of methoxy groups -OCH3 is 1. The van der Waals surface area contributed by atoms with Gasteiger partial charge in [0.15, 0.2) is 5.78 Å². The van der Waals surface area contributed by atoms with E-state index in [1.165, 1.54) is 13.2 Å². The van der Waals surface area contributed by atoms with E-state index in [4.69, 9.17) is 16.3 Å². The number of carbonyl (C=O) groups is 3. The Balaban J connectivity index is 1.72. The summed E-state index contributed by atoms with van der Waals surface area (Å²) in [5.41, 5.74) is 4.43. The highest BCUT2D eigenvalue weighted by molar-refractivity contribution is 6.31. The van der Waals surface area contributed by atoms with E-state index in [1.54, 1.807) is 55.7 Å². The highest BCUT2D eigenvalue weighted by atomic mass is 35.5. The molecular weight excluding hydrogens is 540 g/mol. The van der Waals surface area contributed by atoms with Gasteiger partial charge in [-0.2, -0.15) is 0 Å². The molecule has 1 heterocycles. The van der Waals surface area contributed by atoms with Crippen molar-refractivity contribution in [2.45, 2.75) is 25.8 Å². The van der Waals surface area contributed by atoms with E-state index in [2.05, 4.69) is 15.3 Å². The molecule has 41 heavy (non-hydrogen) atoms. The molecule has 0 aliphatic carbocycles. The van der Waals surface area contributed by atoms with Gasteiger partial charge >= 0.3 is 0 Å². The molecule has 3 aromatic carbocycles. The van der Waals surface area contributed by atoms with Crippen molar-refractivity contribution in [3.63, 3.8) is 0 Å². The number of likely N-dealkylation sites (N-methyl/N-ethyl adjacent to an activating group) is 1. The molecule has 1 amide bonds. The van der Waals surface area contributed by atoms with E-state index < -0.39 is 6.04 Å². The summed E-state index contributed by atoms with van der Waals surface area (Å²) in [4.78, 5) is 47.2. The van der Waals surface area contributed by atoms with Crippen LogP contribution in [-0.2, 0) is 20.7 Å². The minimum Gasteiger partial charge on any atom is -0.495 e. The lowest BCUT2D eigenvalue weighted by Gasteiger charge is -2.27. The molecule has 0 aliphatic heterocycles.